The second kappa shape index (κ2) is 16.7. The Bertz CT molecular complexity index is 752. The standard InChI is InChI=1S/C28H47N3O/c1-3-4-5-6-7-8-9-10-11-12-13-14-15-18-24-31-27-21-17-16-20-26(27)30-28(31)22-19-23-29-25(2)32/h16-17,20-21H,3-15,18-19,22-24H2,1-2H3,(H,29,32). The first-order valence-corrected chi connectivity index (χ1v) is 13.4. The van der Waals surface area contributed by atoms with Crippen LogP contribution in [-0.4, -0.2) is 22.0 Å². The van der Waals surface area contributed by atoms with Gasteiger partial charge in [0, 0.05) is 26.4 Å². The van der Waals surface area contributed by atoms with Gasteiger partial charge in [0.1, 0.15) is 5.82 Å². The Morgan fingerprint density at radius 2 is 1.38 bits per heavy atom. The maximum atomic E-state index is 11.1. The molecule has 0 saturated carbocycles. The van der Waals surface area contributed by atoms with Crippen molar-refractivity contribution in [3.05, 3.63) is 30.1 Å². The van der Waals surface area contributed by atoms with E-state index >= 15 is 0 Å². The molecule has 32 heavy (non-hydrogen) atoms. The van der Waals surface area contributed by atoms with E-state index in [4.69, 9.17) is 4.98 Å². The number of hydrogen-bond donors (Lipinski definition) is 1. The highest BCUT2D eigenvalue weighted by molar-refractivity contribution is 5.76. The van der Waals surface area contributed by atoms with Gasteiger partial charge in [-0.25, -0.2) is 4.98 Å². The molecule has 180 valence electrons. The van der Waals surface area contributed by atoms with Crippen molar-refractivity contribution in [2.24, 2.45) is 0 Å². The van der Waals surface area contributed by atoms with Crippen molar-refractivity contribution in [2.45, 2.75) is 123 Å². The average Bonchev–Trinajstić information content (AvgIpc) is 3.14. The van der Waals surface area contributed by atoms with Gasteiger partial charge < -0.3 is 9.88 Å². The number of amides is 1. The molecule has 4 nitrogen and oxygen atoms in total. The first kappa shape index (κ1) is 26.4. The summed E-state index contributed by atoms with van der Waals surface area (Å²) in [5, 5.41) is 2.89. The molecule has 0 aliphatic carbocycles. The summed E-state index contributed by atoms with van der Waals surface area (Å²) < 4.78 is 2.41. The summed E-state index contributed by atoms with van der Waals surface area (Å²) >= 11 is 0. The van der Waals surface area contributed by atoms with Gasteiger partial charge in [0.15, 0.2) is 0 Å². The Kier molecular flexibility index (Phi) is 13.8. The van der Waals surface area contributed by atoms with Crippen LogP contribution >= 0.6 is 0 Å². The van der Waals surface area contributed by atoms with Crippen LogP contribution in [0.4, 0.5) is 0 Å². The molecule has 0 bridgehead atoms. The Labute approximate surface area is 196 Å². The van der Waals surface area contributed by atoms with Crippen LogP contribution in [0, 0.1) is 0 Å². The third-order valence-electron chi connectivity index (χ3n) is 6.42. The van der Waals surface area contributed by atoms with Crippen LogP contribution in [-0.2, 0) is 17.8 Å². The molecule has 0 aliphatic heterocycles. The van der Waals surface area contributed by atoms with Crippen molar-refractivity contribution in [1.29, 1.82) is 0 Å². The monoisotopic (exact) mass is 441 g/mol. The summed E-state index contributed by atoms with van der Waals surface area (Å²) in [4.78, 5) is 16.0. The van der Waals surface area contributed by atoms with E-state index in [1.807, 2.05) is 0 Å². The fourth-order valence-electron chi connectivity index (χ4n) is 4.54. The van der Waals surface area contributed by atoms with Crippen LogP contribution < -0.4 is 5.32 Å². The molecule has 4 heteroatoms. The molecule has 0 aliphatic rings. The highest BCUT2D eigenvalue weighted by Crippen LogP contribution is 2.19. The van der Waals surface area contributed by atoms with Gasteiger partial charge >= 0.3 is 0 Å². The first-order chi connectivity index (χ1) is 15.7. The number of aromatic nitrogens is 2. The van der Waals surface area contributed by atoms with Crippen molar-refractivity contribution in [3.63, 3.8) is 0 Å². The van der Waals surface area contributed by atoms with Crippen molar-refractivity contribution in [1.82, 2.24) is 14.9 Å². The predicted molar refractivity (Wildman–Crippen MR) is 137 cm³/mol. The molecule has 0 fully saturated rings. The molecular formula is C28H47N3O. The zero-order valence-corrected chi connectivity index (χ0v) is 20.8. The zero-order chi connectivity index (χ0) is 22.9. The Morgan fingerprint density at radius 3 is 1.97 bits per heavy atom. The summed E-state index contributed by atoms with van der Waals surface area (Å²) in [5.41, 5.74) is 2.34. The number of carbonyl (C=O) groups excluding carboxylic acids is 1. The molecular weight excluding hydrogens is 394 g/mol. The lowest BCUT2D eigenvalue weighted by atomic mass is 10.0. The highest BCUT2D eigenvalue weighted by atomic mass is 16.1. The third-order valence-corrected chi connectivity index (χ3v) is 6.42. The van der Waals surface area contributed by atoms with Gasteiger partial charge in [-0.1, -0.05) is 103 Å². The summed E-state index contributed by atoms with van der Waals surface area (Å²) in [7, 11) is 0. The minimum atomic E-state index is 0.0425. The molecule has 0 spiro atoms. The van der Waals surface area contributed by atoms with E-state index in [0.29, 0.717) is 0 Å². The van der Waals surface area contributed by atoms with Crippen LogP contribution in [0.15, 0.2) is 24.3 Å². The van der Waals surface area contributed by atoms with Crippen molar-refractivity contribution in [2.75, 3.05) is 6.54 Å². The lowest BCUT2D eigenvalue weighted by Crippen LogP contribution is -2.21. The molecule has 1 aromatic heterocycles. The van der Waals surface area contributed by atoms with E-state index < -0.39 is 0 Å². The van der Waals surface area contributed by atoms with E-state index in [9.17, 15) is 4.79 Å². The molecule has 1 amide bonds. The molecule has 0 radical (unpaired) electrons. The topological polar surface area (TPSA) is 46.9 Å². The second-order valence-corrected chi connectivity index (χ2v) is 9.35. The van der Waals surface area contributed by atoms with E-state index in [0.717, 1.165) is 37.3 Å². The number of rotatable bonds is 19. The summed E-state index contributed by atoms with van der Waals surface area (Å²) in [6, 6.07) is 8.46. The van der Waals surface area contributed by atoms with E-state index in [-0.39, 0.29) is 5.91 Å². The second-order valence-electron chi connectivity index (χ2n) is 9.35. The molecule has 0 atom stereocenters. The molecule has 0 unspecified atom stereocenters. The molecule has 1 N–H and O–H groups in total. The van der Waals surface area contributed by atoms with Crippen LogP contribution in [0.3, 0.4) is 0 Å². The SMILES string of the molecule is CCCCCCCCCCCCCCCCn1c(CCCNC(C)=O)nc2ccccc21. The van der Waals surface area contributed by atoms with Gasteiger partial charge in [0.25, 0.3) is 0 Å². The number of para-hydroxylation sites is 2. The fourth-order valence-corrected chi connectivity index (χ4v) is 4.54. The number of carbonyl (C=O) groups is 1. The first-order valence-electron chi connectivity index (χ1n) is 13.4. The predicted octanol–water partition coefficient (Wildman–Crippen LogP) is 7.59. The van der Waals surface area contributed by atoms with Crippen LogP contribution in [0.1, 0.15) is 116 Å². The summed E-state index contributed by atoms with van der Waals surface area (Å²) in [6.07, 6.45) is 21.3. The van der Waals surface area contributed by atoms with Crippen molar-refractivity contribution >= 4 is 16.9 Å². The van der Waals surface area contributed by atoms with Gasteiger partial charge in [-0.15, -0.1) is 0 Å². The van der Waals surface area contributed by atoms with Gasteiger partial charge in [-0.2, -0.15) is 0 Å². The van der Waals surface area contributed by atoms with Crippen LogP contribution in [0.2, 0.25) is 0 Å². The smallest absolute Gasteiger partial charge is 0.216 e. The van der Waals surface area contributed by atoms with Crippen molar-refractivity contribution < 1.29 is 4.79 Å². The Hall–Kier alpha value is -1.84. The van der Waals surface area contributed by atoms with Crippen molar-refractivity contribution in [3.8, 4) is 0 Å². The average molecular weight is 442 g/mol. The lowest BCUT2D eigenvalue weighted by molar-refractivity contribution is -0.118. The van der Waals surface area contributed by atoms with Gasteiger partial charge in [0.05, 0.1) is 11.0 Å². The third kappa shape index (κ3) is 10.7. The van der Waals surface area contributed by atoms with Crippen LogP contribution in [0.5, 0.6) is 0 Å². The van der Waals surface area contributed by atoms with Crippen LogP contribution in [0.25, 0.3) is 11.0 Å². The molecule has 2 aromatic rings. The maximum Gasteiger partial charge on any atom is 0.216 e. The minimum Gasteiger partial charge on any atom is -0.356 e. The number of hydrogen-bond acceptors (Lipinski definition) is 2. The molecule has 0 saturated heterocycles. The number of nitrogens with zero attached hydrogens (tertiary/aromatic N) is 2. The van der Waals surface area contributed by atoms with Gasteiger partial charge in [0.2, 0.25) is 5.91 Å². The van der Waals surface area contributed by atoms with E-state index in [2.05, 4.69) is 41.1 Å². The summed E-state index contributed by atoms with van der Waals surface area (Å²) in [6.45, 7) is 5.63. The Balaban J connectivity index is 1.58. The lowest BCUT2D eigenvalue weighted by Gasteiger charge is -2.10. The maximum absolute atomic E-state index is 11.1. The number of nitrogens with one attached hydrogen (secondary N) is 1. The largest absolute Gasteiger partial charge is 0.356 e. The molecule has 1 heterocycles. The number of benzene rings is 1. The number of fused-ring (bicyclic) bond motifs is 1. The highest BCUT2D eigenvalue weighted by Gasteiger charge is 2.10. The number of unbranched alkanes of at least 4 members (excludes halogenated alkanes) is 13. The summed E-state index contributed by atoms with van der Waals surface area (Å²) in [5.74, 6) is 1.20. The number of aryl methyl sites for hydroxylation is 2. The zero-order valence-electron chi connectivity index (χ0n) is 20.8. The molecule has 2 rings (SSSR count). The van der Waals surface area contributed by atoms with E-state index in [1.54, 1.807) is 6.92 Å². The van der Waals surface area contributed by atoms with Gasteiger partial charge in [-0.05, 0) is 25.0 Å². The minimum absolute atomic E-state index is 0.0425. The quantitative estimate of drug-likeness (QED) is 0.228. The number of imidazole rings is 1. The Morgan fingerprint density at radius 1 is 0.812 bits per heavy atom. The fraction of sp³-hybridized carbons (Fsp3) is 0.714. The molecule has 1 aromatic carbocycles. The van der Waals surface area contributed by atoms with Gasteiger partial charge in [-0.3, -0.25) is 4.79 Å². The van der Waals surface area contributed by atoms with E-state index in [1.165, 1.54) is 95.4 Å². The normalized spacial score (nSPS) is 11.3.